The first-order valence-electron chi connectivity index (χ1n) is 7.80. The number of nitrogens with zero attached hydrogens (tertiary/aromatic N) is 3. The summed E-state index contributed by atoms with van der Waals surface area (Å²) >= 11 is 0. The molecule has 2 aromatic rings. The van der Waals surface area contributed by atoms with E-state index in [0.29, 0.717) is 5.95 Å². The molecule has 0 atom stereocenters. The van der Waals surface area contributed by atoms with E-state index < -0.39 is 0 Å². The highest BCUT2D eigenvalue weighted by Gasteiger charge is 2.10. The number of benzene rings is 1. The van der Waals surface area contributed by atoms with Crippen molar-refractivity contribution in [2.75, 3.05) is 31.6 Å². The molecule has 1 aromatic carbocycles. The number of aromatic nitrogens is 2. The maximum atomic E-state index is 5.79. The molecular formula is C17H22N4O. The number of ether oxygens (including phenoxy) is 1. The Morgan fingerprint density at radius 2 is 1.77 bits per heavy atom. The van der Waals surface area contributed by atoms with Crippen LogP contribution in [0.4, 0.5) is 11.6 Å². The molecule has 1 fully saturated rings. The molecule has 0 aliphatic carbocycles. The van der Waals surface area contributed by atoms with E-state index in [-0.39, 0.29) is 0 Å². The fraction of sp³-hybridized carbons (Fsp3) is 0.412. The first-order valence-corrected chi connectivity index (χ1v) is 7.80. The van der Waals surface area contributed by atoms with Gasteiger partial charge in [0.1, 0.15) is 12.4 Å². The van der Waals surface area contributed by atoms with E-state index >= 15 is 0 Å². The number of nitrogens with one attached hydrogen (secondary N) is 1. The molecule has 0 saturated carbocycles. The Morgan fingerprint density at radius 3 is 2.45 bits per heavy atom. The maximum absolute atomic E-state index is 5.79. The largest absolute Gasteiger partial charge is 0.492 e. The van der Waals surface area contributed by atoms with Crippen molar-refractivity contribution in [1.29, 1.82) is 0 Å². The second kappa shape index (κ2) is 7.22. The fourth-order valence-electron chi connectivity index (χ4n) is 2.52. The molecule has 2 heterocycles. The molecule has 5 heteroatoms. The zero-order valence-electron chi connectivity index (χ0n) is 13.0. The number of hydrogen-bond donors (Lipinski definition) is 1. The van der Waals surface area contributed by atoms with E-state index in [2.05, 4.69) is 20.2 Å². The predicted octanol–water partition coefficient (Wildman–Crippen LogP) is 3.00. The van der Waals surface area contributed by atoms with Gasteiger partial charge in [0.05, 0.1) is 0 Å². The van der Waals surface area contributed by atoms with Gasteiger partial charge in [-0.2, -0.15) is 0 Å². The van der Waals surface area contributed by atoms with Crippen molar-refractivity contribution >= 4 is 11.6 Å². The quantitative estimate of drug-likeness (QED) is 0.888. The summed E-state index contributed by atoms with van der Waals surface area (Å²) in [7, 11) is 0. The van der Waals surface area contributed by atoms with Crippen LogP contribution in [0.25, 0.3) is 0 Å². The van der Waals surface area contributed by atoms with Gasteiger partial charge >= 0.3 is 0 Å². The minimum Gasteiger partial charge on any atom is -0.492 e. The first kappa shape index (κ1) is 14.8. The number of rotatable bonds is 6. The lowest BCUT2D eigenvalue weighted by Gasteiger charge is -2.15. The van der Waals surface area contributed by atoms with Gasteiger partial charge < -0.3 is 10.1 Å². The fourth-order valence-corrected chi connectivity index (χ4v) is 2.52. The van der Waals surface area contributed by atoms with Crippen LogP contribution in [0.3, 0.4) is 0 Å². The molecule has 1 saturated heterocycles. The van der Waals surface area contributed by atoms with E-state index in [1.165, 1.54) is 25.9 Å². The molecular weight excluding hydrogens is 276 g/mol. The Bertz CT molecular complexity index is 577. The van der Waals surface area contributed by atoms with Gasteiger partial charge in [0.2, 0.25) is 5.95 Å². The normalized spacial score (nSPS) is 15.0. The molecule has 1 aromatic heterocycles. The van der Waals surface area contributed by atoms with Crippen LogP contribution in [0.15, 0.2) is 36.7 Å². The molecule has 22 heavy (non-hydrogen) atoms. The molecule has 0 radical (unpaired) electrons. The van der Waals surface area contributed by atoms with Crippen LogP contribution >= 0.6 is 0 Å². The summed E-state index contributed by atoms with van der Waals surface area (Å²) in [4.78, 5) is 10.9. The molecule has 1 N–H and O–H groups in total. The molecule has 0 amide bonds. The third-order valence-electron chi connectivity index (χ3n) is 3.77. The minimum atomic E-state index is 0.605. The number of hydrogen-bond acceptors (Lipinski definition) is 5. The third-order valence-corrected chi connectivity index (χ3v) is 3.77. The number of likely N-dealkylation sites (tertiary alicyclic amines) is 1. The zero-order valence-corrected chi connectivity index (χ0v) is 13.0. The highest BCUT2D eigenvalue weighted by atomic mass is 16.5. The molecule has 0 bridgehead atoms. The van der Waals surface area contributed by atoms with Crippen LogP contribution in [0.2, 0.25) is 0 Å². The van der Waals surface area contributed by atoms with Gasteiger partial charge in [0, 0.05) is 24.6 Å². The van der Waals surface area contributed by atoms with Crippen molar-refractivity contribution in [3.63, 3.8) is 0 Å². The summed E-state index contributed by atoms with van der Waals surface area (Å²) in [6.07, 6.45) is 6.24. The van der Waals surface area contributed by atoms with Gasteiger partial charge in [-0.1, -0.05) is 0 Å². The smallest absolute Gasteiger partial charge is 0.227 e. The Labute approximate surface area is 131 Å². The summed E-state index contributed by atoms with van der Waals surface area (Å²) in [5.74, 6) is 1.50. The van der Waals surface area contributed by atoms with Crippen LogP contribution in [-0.2, 0) is 0 Å². The summed E-state index contributed by atoms with van der Waals surface area (Å²) in [6, 6.07) is 7.91. The summed E-state index contributed by atoms with van der Waals surface area (Å²) in [6.45, 7) is 6.15. The molecule has 3 rings (SSSR count). The summed E-state index contributed by atoms with van der Waals surface area (Å²) < 4.78 is 5.79. The van der Waals surface area contributed by atoms with Crippen molar-refractivity contribution in [3.05, 3.63) is 42.2 Å². The molecule has 5 nitrogen and oxygen atoms in total. The summed E-state index contributed by atoms with van der Waals surface area (Å²) in [5.41, 5.74) is 2.00. The Kier molecular flexibility index (Phi) is 4.85. The minimum absolute atomic E-state index is 0.605. The monoisotopic (exact) mass is 298 g/mol. The van der Waals surface area contributed by atoms with Crippen molar-refractivity contribution in [2.45, 2.75) is 19.8 Å². The van der Waals surface area contributed by atoms with E-state index in [4.69, 9.17) is 4.74 Å². The average molecular weight is 298 g/mol. The van der Waals surface area contributed by atoms with Crippen molar-refractivity contribution < 1.29 is 4.74 Å². The van der Waals surface area contributed by atoms with Gasteiger partial charge in [0.25, 0.3) is 0 Å². The van der Waals surface area contributed by atoms with Crippen LogP contribution in [-0.4, -0.2) is 41.1 Å². The topological polar surface area (TPSA) is 50.3 Å². The molecule has 1 aliphatic heterocycles. The second-order valence-corrected chi connectivity index (χ2v) is 5.63. The van der Waals surface area contributed by atoms with Crippen molar-refractivity contribution in [3.8, 4) is 5.75 Å². The van der Waals surface area contributed by atoms with E-state index in [0.717, 1.165) is 30.2 Å². The zero-order chi connectivity index (χ0) is 15.2. The molecule has 1 aliphatic rings. The van der Waals surface area contributed by atoms with Crippen LogP contribution in [0.5, 0.6) is 5.75 Å². The van der Waals surface area contributed by atoms with E-state index in [9.17, 15) is 0 Å². The standard InChI is InChI=1S/C17H22N4O/c1-14-12-18-17(19-13-14)20-15-4-6-16(7-5-15)22-11-10-21-8-2-3-9-21/h4-7,12-13H,2-3,8-11H2,1H3,(H,18,19,20). The Balaban J connectivity index is 1.48. The third kappa shape index (κ3) is 4.18. The number of aryl methyl sites for hydroxylation is 1. The van der Waals surface area contributed by atoms with Gasteiger partial charge in [-0.15, -0.1) is 0 Å². The molecule has 116 valence electrons. The van der Waals surface area contributed by atoms with Crippen molar-refractivity contribution in [1.82, 2.24) is 14.9 Å². The first-order chi connectivity index (χ1) is 10.8. The SMILES string of the molecule is Cc1cnc(Nc2ccc(OCCN3CCCC3)cc2)nc1. The van der Waals surface area contributed by atoms with Crippen molar-refractivity contribution in [2.24, 2.45) is 0 Å². The van der Waals surface area contributed by atoms with Gasteiger partial charge in [-0.25, -0.2) is 9.97 Å². The van der Waals surface area contributed by atoms with Gasteiger partial charge in [-0.3, -0.25) is 4.90 Å². The highest BCUT2D eigenvalue weighted by molar-refractivity contribution is 5.54. The lowest BCUT2D eigenvalue weighted by atomic mass is 10.3. The summed E-state index contributed by atoms with van der Waals surface area (Å²) in [5, 5.41) is 3.17. The van der Waals surface area contributed by atoms with Crippen LogP contribution in [0, 0.1) is 6.92 Å². The molecule has 0 spiro atoms. The van der Waals surface area contributed by atoms with Gasteiger partial charge in [-0.05, 0) is 62.7 Å². The predicted molar refractivity (Wildman–Crippen MR) is 87.7 cm³/mol. The number of anilines is 2. The average Bonchev–Trinajstić information content (AvgIpc) is 3.05. The second-order valence-electron chi connectivity index (χ2n) is 5.63. The van der Waals surface area contributed by atoms with E-state index in [1.54, 1.807) is 12.4 Å². The van der Waals surface area contributed by atoms with Crippen LogP contribution in [0.1, 0.15) is 18.4 Å². The Hall–Kier alpha value is -2.14. The lowest BCUT2D eigenvalue weighted by Crippen LogP contribution is -2.25. The lowest BCUT2D eigenvalue weighted by molar-refractivity contribution is 0.238. The maximum Gasteiger partial charge on any atom is 0.227 e. The van der Waals surface area contributed by atoms with Gasteiger partial charge in [0.15, 0.2) is 0 Å². The highest BCUT2D eigenvalue weighted by Crippen LogP contribution is 2.18. The molecule has 0 unspecified atom stereocenters. The van der Waals surface area contributed by atoms with E-state index in [1.807, 2.05) is 31.2 Å². The Morgan fingerprint density at radius 1 is 1.09 bits per heavy atom. The van der Waals surface area contributed by atoms with Crippen LogP contribution < -0.4 is 10.1 Å².